The van der Waals surface area contributed by atoms with Crippen molar-refractivity contribution >= 4 is 0 Å². The Bertz CT molecular complexity index is 3340. The van der Waals surface area contributed by atoms with E-state index in [1.54, 1.807) is 0 Å². The van der Waals surface area contributed by atoms with Gasteiger partial charge in [-0.15, -0.1) is 0 Å². The van der Waals surface area contributed by atoms with Crippen molar-refractivity contribution in [2.24, 2.45) is 0 Å². The van der Waals surface area contributed by atoms with Gasteiger partial charge in [0.2, 0.25) is 0 Å². The summed E-state index contributed by atoms with van der Waals surface area (Å²) in [5.74, 6) is 2.26. The number of hydrogen-bond donors (Lipinski definition) is 0. The molecule has 1 unspecified atom stereocenters. The third-order valence-corrected chi connectivity index (χ3v) is 14.0. The number of fused-ring (bicyclic) bond motifs is 6. The predicted molar refractivity (Wildman–Crippen MR) is 272 cm³/mol. The highest BCUT2D eigenvalue weighted by molar-refractivity contribution is 5.94. The highest BCUT2D eigenvalue weighted by atomic mass is 15.0. The molecule has 10 aromatic rings. The number of rotatable bonds is 7. The molecule has 9 aromatic carbocycles. The van der Waals surface area contributed by atoms with E-state index >= 15 is 0 Å². The van der Waals surface area contributed by atoms with Gasteiger partial charge in [-0.25, -0.2) is 15.0 Å². The van der Waals surface area contributed by atoms with Crippen LogP contribution >= 0.6 is 0 Å². The molecule has 0 saturated heterocycles. The second kappa shape index (κ2) is 16.2. The third kappa shape index (κ3) is 6.96. The van der Waals surface area contributed by atoms with E-state index in [0.29, 0.717) is 23.4 Å². The number of aryl methyl sites for hydroxylation is 1. The van der Waals surface area contributed by atoms with Gasteiger partial charge in [-0.2, -0.15) is 0 Å². The zero-order chi connectivity index (χ0) is 44.2. The minimum absolute atomic E-state index is 0.235. The minimum Gasteiger partial charge on any atom is -0.208 e. The van der Waals surface area contributed by atoms with Crippen molar-refractivity contribution in [2.75, 3.05) is 0 Å². The number of aromatic nitrogens is 3. The van der Waals surface area contributed by atoms with Gasteiger partial charge in [0.05, 0.1) is 0 Å². The molecule has 0 fully saturated rings. The molecule has 2 aliphatic rings. The van der Waals surface area contributed by atoms with Crippen LogP contribution in [0.25, 0.3) is 89.8 Å². The standard InChI is InChI=1S/C63H47N3/c1-63(2)57-36-33-48(47-32-35-53-52(43-21-10-5-11-22-43)34-31-44-23-12-13-28-51(44)55(53)39-47)40-56(57)59-54(29-16-30-58(59)63)62-65-60(49-26-14-24-45(37-49)41-17-6-3-7-18-41)64-61(66-62)50-27-15-25-46(38-50)42-19-8-4-9-20-42/h3-30,32-33,35-40,52H,31,34H2,1-2H3. The molecule has 0 aliphatic heterocycles. The molecule has 0 spiro atoms. The van der Waals surface area contributed by atoms with Gasteiger partial charge < -0.3 is 0 Å². The Kier molecular flexibility index (Phi) is 9.72. The van der Waals surface area contributed by atoms with Gasteiger partial charge in [-0.1, -0.05) is 208 Å². The maximum Gasteiger partial charge on any atom is 0.164 e. The van der Waals surface area contributed by atoms with Crippen LogP contribution in [0.3, 0.4) is 0 Å². The molecule has 0 saturated carbocycles. The smallest absolute Gasteiger partial charge is 0.164 e. The summed E-state index contributed by atoms with van der Waals surface area (Å²) in [6, 6.07) is 79.1. The average molecular weight is 846 g/mol. The van der Waals surface area contributed by atoms with E-state index < -0.39 is 0 Å². The number of benzene rings is 9. The second-order valence-corrected chi connectivity index (χ2v) is 18.3. The molecule has 1 heterocycles. The average Bonchev–Trinajstić information content (AvgIpc) is 3.50. The van der Waals surface area contributed by atoms with Crippen molar-refractivity contribution in [3.05, 3.63) is 246 Å². The molecule has 1 atom stereocenters. The minimum atomic E-state index is -0.235. The first kappa shape index (κ1) is 39.6. The van der Waals surface area contributed by atoms with Crippen LogP contribution in [0.2, 0.25) is 0 Å². The van der Waals surface area contributed by atoms with E-state index in [0.717, 1.165) is 51.8 Å². The van der Waals surface area contributed by atoms with Gasteiger partial charge in [-0.05, 0) is 121 Å². The quantitative estimate of drug-likeness (QED) is 0.160. The van der Waals surface area contributed by atoms with Crippen molar-refractivity contribution in [1.82, 2.24) is 15.0 Å². The zero-order valence-corrected chi connectivity index (χ0v) is 37.1. The molecule has 0 amide bonds. The Hall–Kier alpha value is -8.01. The molecule has 314 valence electrons. The van der Waals surface area contributed by atoms with Crippen LogP contribution in [0, 0.1) is 0 Å². The molecular formula is C63H47N3. The summed E-state index contributed by atoms with van der Waals surface area (Å²) >= 11 is 0. The Morgan fingerprint density at radius 1 is 0.364 bits per heavy atom. The molecule has 3 nitrogen and oxygen atoms in total. The van der Waals surface area contributed by atoms with Crippen LogP contribution in [-0.2, 0) is 11.8 Å². The summed E-state index contributed by atoms with van der Waals surface area (Å²) in [6.07, 6.45) is 2.13. The summed E-state index contributed by atoms with van der Waals surface area (Å²) in [5, 5.41) is 0. The topological polar surface area (TPSA) is 38.7 Å². The Balaban J connectivity index is 1.02. The molecule has 0 N–H and O–H groups in total. The fourth-order valence-corrected chi connectivity index (χ4v) is 10.6. The van der Waals surface area contributed by atoms with Gasteiger partial charge in [0.25, 0.3) is 0 Å². The first-order valence-corrected chi connectivity index (χ1v) is 23.1. The molecule has 0 bridgehead atoms. The molecule has 2 aliphatic carbocycles. The van der Waals surface area contributed by atoms with E-state index in [-0.39, 0.29) is 5.41 Å². The highest BCUT2D eigenvalue weighted by Crippen LogP contribution is 2.53. The summed E-state index contributed by atoms with van der Waals surface area (Å²) in [4.78, 5) is 16.0. The van der Waals surface area contributed by atoms with Gasteiger partial charge >= 0.3 is 0 Å². The van der Waals surface area contributed by atoms with Crippen LogP contribution < -0.4 is 0 Å². The van der Waals surface area contributed by atoms with E-state index in [1.165, 1.54) is 61.2 Å². The first-order chi connectivity index (χ1) is 32.5. The molecule has 1 aromatic heterocycles. The van der Waals surface area contributed by atoms with E-state index in [2.05, 4.69) is 232 Å². The zero-order valence-electron chi connectivity index (χ0n) is 37.1. The molecule has 12 rings (SSSR count). The van der Waals surface area contributed by atoms with Crippen LogP contribution in [0.4, 0.5) is 0 Å². The molecular weight excluding hydrogens is 799 g/mol. The van der Waals surface area contributed by atoms with Crippen LogP contribution in [-0.4, -0.2) is 15.0 Å². The van der Waals surface area contributed by atoms with Crippen LogP contribution in [0.1, 0.15) is 54.0 Å². The Morgan fingerprint density at radius 3 is 1.53 bits per heavy atom. The number of hydrogen-bond acceptors (Lipinski definition) is 3. The second-order valence-electron chi connectivity index (χ2n) is 18.3. The predicted octanol–water partition coefficient (Wildman–Crippen LogP) is 15.9. The Labute approximate surface area is 387 Å². The lowest BCUT2D eigenvalue weighted by atomic mass is 9.81. The fraction of sp³-hybridized carbons (Fsp3) is 0.0952. The molecule has 0 radical (unpaired) electrons. The number of nitrogens with zero attached hydrogens (tertiary/aromatic N) is 3. The van der Waals surface area contributed by atoms with Crippen molar-refractivity contribution in [3.8, 4) is 89.8 Å². The molecule has 3 heteroatoms. The van der Waals surface area contributed by atoms with Crippen molar-refractivity contribution in [1.29, 1.82) is 0 Å². The largest absolute Gasteiger partial charge is 0.208 e. The summed E-state index contributed by atoms with van der Waals surface area (Å²) in [7, 11) is 0. The normalized spacial score (nSPS) is 14.4. The van der Waals surface area contributed by atoms with Crippen molar-refractivity contribution < 1.29 is 0 Å². The van der Waals surface area contributed by atoms with E-state index in [4.69, 9.17) is 15.0 Å². The van der Waals surface area contributed by atoms with E-state index in [1.807, 2.05) is 0 Å². The highest BCUT2D eigenvalue weighted by Gasteiger charge is 2.38. The van der Waals surface area contributed by atoms with Gasteiger partial charge in [0.15, 0.2) is 17.5 Å². The van der Waals surface area contributed by atoms with Crippen LogP contribution in [0.15, 0.2) is 218 Å². The van der Waals surface area contributed by atoms with Crippen molar-refractivity contribution in [2.45, 2.75) is 38.0 Å². The van der Waals surface area contributed by atoms with Crippen LogP contribution in [0.5, 0.6) is 0 Å². The van der Waals surface area contributed by atoms with Gasteiger partial charge in [0.1, 0.15) is 0 Å². The first-order valence-electron chi connectivity index (χ1n) is 23.1. The summed E-state index contributed by atoms with van der Waals surface area (Å²) in [5.41, 5.74) is 21.4. The molecule has 66 heavy (non-hydrogen) atoms. The summed E-state index contributed by atoms with van der Waals surface area (Å²) < 4.78 is 0. The monoisotopic (exact) mass is 845 g/mol. The lowest BCUT2D eigenvalue weighted by Crippen LogP contribution is -2.14. The third-order valence-electron chi connectivity index (χ3n) is 14.0. The lowest BCUT2D eigenvalue weighted by Gasteiger charge is -2.22. The van der Waals surface area contributed by atoms with Crippen molar-refractivity contribution in [3.63, 3.8) is 0 Å². The maximum atomic E-state index is 5.38. The van der Waals surface area contributed by atoms with Gasteiger partial charge in [-0.3, -0.25) is 0 Å². The van der Waals surface area contributed by atoms with E-state index in [9.17, 15) is 0 Å². The lowest BCUT2D eigenvalue weighted by molar-refractivity contribution is 0.660. The maximum absolute atomic E-state index is 5.38. The van der Waals surface area contributed by atoms with Gasteiger partial charge in [0, 0.05) is 28.0 Å². The summed E-state index contributed by atoms with van der Waals surface area (Å²) in [6.45, 7) is 4.69. The Morgan fingerprint density at radius 2 is 0.864 bits per heavy atom. The SMILES string of the molecule is CC1(C)c2ccc(-c3ccc4c(c3)-c3ccccc3CCC4c3ccccc3)cc2-c2c(-c3nc(-c4cccc(-c5ccccc5)c4)nc(-c4cccc(-c5ccccc5)c4)n3)cccc21. The fourth-order valence-electron chi connectivity index (χ4n) is 10.6.